The minimum Gasteiger partial charge on any atom is -0.479 e. The van der Waals surface area contributed by atoms with Crippen LogP contribution in [0.1, 0.15) is 18.9 Å². The molecule has 0 aliphatic carbocycles. The van der Waals surface area contributed by atoms with Crippen LogP contribution >= 0.6 is 11.6 Å². The number of rotatable bonds is 6. The molecule has 1 heterocycles. The van der Waals surface area contributed by atoms with Crippen LogP contribution in [-0.4, -0.2) is 20.0 Å². The molecule has 0 unspecified atom stereocenters. The molecule has 0 N–H and O–H groups in total. The highest BCUT2D eigenvalue weighted by molar-refractivity contribution is 6.32. The lowest BCUT2D eigenvalue weighted by atomic mass is 10.2. The van der Waals surface area contributed by atoms with E-state index in [0.717, 1.165) is 0 Å². The number of ether oxygens (including phenoxy) is 1. The van der Waals surface area contributed by atoms with E-state index in [9.17, 15) is 20.2 Å². The van der Waals surface area contributed by atoms with Crippen LogP contribution in [0, 0.1) is 20.2 Å². The summed E-state index contributed by atoms with van der Waals surface area (Å²) >= 11 is 6.00. The SMILES string of the molecule is C[C@H](Oc1ccc([N+](=O)[O-])cc1Cl)c1nnc(-c2ccc([N+](=O)[O-])cc2)o1. The molecular formula is C16H11ClN4O6. The smallest absolute Gasteiger partial charge is 0.271 e. The molecule has 0 fully saturated rings. The molecule has 3 rings (SSSR count). The second-order valence-electron chi connectivity index (χ2n) is 5.38. The third kappa shape index (κ3) is 4.01. The molecule has 27 heavy (non-hydrogen) atoms. The lowest BCUT2D eigenvalue weighted by Gasteiger charge is -2.12. The highest BCUT2D eigenvalue weighted by atomic mass is 35.5. The Morgan fingerprint density at radius 2 is 1.67 bits per heavy atom. The Balaban J connectivity index is 1.76. The maximum atomic E-state index is 10.7. The first-order chi connectivity index (χ1) is 12.8. The fraction of sp³-hybridized carbons (Fsp3) is 0.125. The molecule has 2 aromatic carbocycles. The van der Waals surface area contributed by atoms with Gasteiger partial charge >= 0.3 is 0 Å². The number of benzene rings is 2. The first-order valence-electron chi connectivity index (χ1n) is 7.54. The highest BCUT2D eigenvalue weighted by Crippen LogP contribution is 2.32. The number of nitrogens with zero attached hydrogens (tertiary/aromatic N) is 4. The largest absolute Gasteiger partial charge is 0.479 e. The quantitative estimate of drug-likeness (QED) is 0.447. The van der Waals surface area contributed by atoms with Crippen LogP contribution in [0.2, 0.25) is 5.02 Å². The second-order valence-corrected chi connectivity index (χ2v) is 5.79. The summed E-state index contributed by atoms with van der Waals surface area (Å²) in [5.41, 5.74) is 0.307. The second kappa shape index (κ2) is 7.38. The van der Waals surface area contributed by atoms with Crippen molar-refractivity contribution in [2.24, 2.45) is 0 Å². The van der Waals surface area contributed by atoms with Gasteiger partial charge in [-0.25, -0.2) is 0 Å². The van der Waals surface area contributed by atoms with Gasteiger partial charge < -0.3 is 9.15 Å². The van der Waals surface area contributed by atoms with Gasteiger partial charge in [0.1, 0.15) is 5.75 Å². The van der Waals surface area contributed by atoms with Gasteiger partial charge in [0.15, 0.2) is 6.10 Å². The number of non-ortho nitro benzene ring substituents is 2. The van der Waals surface area contributed by atoms with Crippen LogP contribution in [0.3, 0.4) is 0 Å². The molecule has 0 saturated carbocycles. The zero-order valence-electron chi connectivity index (χ0n) is 13.7. The predicted molar refractivity (Wildman–Crippen MR) is 93.5 cm³/mol. The Bertz CT molecular complexity index is 1000. The van der Waals surface area contributed by atoms with Crippen molar-refractivity contribution in [3.63, 3.8) is 0 Å². The molecule has 10 nitrogen and oxygen atoms in total. The van der Waals surface area contributed by atoms with Gasteiger partial charge in [-0.05, 0) is 25.1 Å². The van der Waals surface area contributed by atoms with Gasteiger partial charge in [0.05, 0.1) is 14.9 Å². The molecule has 0 saturated heterocycles. The summed E-state index contributed by atoms with van der Waals surface area (Å²) in [4.78, 5) is 20.4. The number of halogens is 1. The van der Waals surface area contributed by atoms with Crippen molar-refractivity contribution >= 4 is 23.0 Å². The van der Waals surface area contributed by atoms with E-state index in [1.54, 1.807) is 6.92 Å². The van der Waals surface area contributed by atoms with E-state index < -0.39 is 16.0 Å². The monoisotopic (exact) mass is 390 g/mol. The van der Waals surface area contributed by atoms with Gasteiger partial charge in [-0.2, -0.15) is 0 Å². The van der Waals surface area contributed by atoms with Gasteiger partial charge in [0, 0.05) is 29.8 Å². The van der Waals surface area contributed by atoms with E-state index in [-0.39, 0.29) is 33.9 Å². The Kier molecular flexibility index (Phi) is 4.99. The van der Waals surface area contributed by atoms with Crippen LogP contribution in [0.5, 0.6) is 5.75 Å². The van der Waals surface area contributed by atoms with E-state index >= 15 is 0 Å². The molecule has 1 atom stereocenters. The minimum absolute atomic E-state index is 0.0528. The van der Waals surface area contributed by atoms with Gasteiger partial charge in [0.2, 0.25) is 5.89 Å². The molecule has 138 valence electrons. The lowest BCUT2D eigenvalue weighted by Crippen LogP contribution is -2.04. The van der Waals surface area contributed by atoms with Crippen molar-refractivity contribution in [2.75, 3.05) is 0 Å². The van der Waals surface area contributed by atoms with Crippen molar-refractivity contribution in [3.8, 4) is 17.2 Å². The summed E-state index contributed by atoms with van der Waals surface area (Å²) in [6, 6.07) is 9.47. The zero-order chi connectivity index (χ0) is 19.6. The fourth-order valence-corrected chi connectivity index (χ4v) is 2.40. The third-order valence-corrected chi connectivity index (χ3v) is 3.84. The van der Waals surface area contributed by atoms with Crippen molar-refractivity contribution in [2.45, 2.75) is 13.0 Å². The Morgan fingerprint density at radius 1 is 1.04 bits per heavy atom. The van der Waals surface area contributed by atoms with Crippen LogP contribution in [-0.2, 0) is 0 Å². The zero-order valence-corrected chi connectivity index (χ0v) is 14.5. The maximum Gasteiger partial charge on any atom is 0.271 e. The lowest BCUT2D eigenvalue weighted by molar-refractivity contribution is -0.385. The normalized spacial score (nSPS) is 11.8. The summed E-state index contributed by atoms with van der Waals surface area (Å²) in [6.07, 6.45) is -0.678. The molecule has 0 radical (unpaired) electrons. The fourth-order valence-electron chi connectivity index (χ4n) is 2.18. The Morgan fingerprint density at radius 3 is 2.26 bits per heavy atom. The summed E-state index contributed by atoms with van der Waals surface area (Å²) in [5, 5.41) is 29.3. The summed E-state index contributed by atoms with van der Waals surface area (Å²) < 4.78 is 11.2. The first kappa shape index (κ1) is 18.3. The van der Waals surface area contributed by atoms with Crippen molar-refractivity contribution in [1.82, 2.24) is 10.2 Å². The van der Waals surface area contributed by atoms with Gasteiger partial charge in [0.25, 0.3) is 17.3 Å². The Labute approximate surface area is 156 Å². The molecule has 0 amide bonds. The number of hydrogen-bond donors (Lipinski definition) is 0. The highest BCUT2D eigenvalue weighted by Gasteiger charge is 2.19. The average Bonchev–Trinajstić information content (AvgIpc) is 3.13. The average molecular weight is 391 g/mol. The van der Waals surface area contributed by atoms with E-state index in [0.29, 0.717) is 5.56 Å². The van der Waals surface area contributed by atoms with E-state index in [1.165, 1.54) is 42.5 Å². The van der Waals surface area contributed by atoms with Crippen LogP contribution in [0.4, 0.5) is 11.4 Å². The van der Waals surface area contributed by atoms with E-state index in [4.69, 9.17) is 20.8 Å². The molecular weight excluding hydrogens is 380 g/mol. The molecule has 0 aliphatic rings. The molecule has 0 spiro atoms. The number of aromatic nitrogens is 2. The topological polar surface area (TPSA) is 134 Å². The first-order valence-corrected chi connectivity index (χ1v) is 7.92. The van der Waals surface area contributed by atoms with Crippen molar-refractivity contribution in [1.29, 1.82) is 0 Å². The van der Waals surface area contributed by atoms with Crippen LogP contribution in [0.15, 0.2) is 46.9 Å². The van der Waals surface area contributed by atoms with Gasteiger partial charge in [-0.1, -0.05) is 11.6 Å². The predicted octanol–water partition coefficient (Wildman–Crippen LogP) is 4.35. The maximum absolute atomic E-state index is 10.7. The standard InChI is InChI=1S/C16H11ClN4O6/c1-9(26-14-7-6-12(21(24)25)8-13(14)17)15-18-19-16(27-15)10-2-4-11(5-3-10)20(22)23/h2-9H,1H3/t9-/m0/s1. The van der Waals surface area contributed by atoms with Gasteiger partial charge in [-0.15, -0.1) is 10.2 Å². The van der Waals surface area contributed by atoms with Crippen LogP contribution < -0.4 is 4.74 Å². The Hall–Kier alpha value is -3.53. The third-order valence-electron chi connectivity index (χ3n) is 3.54. The van der Waals surface area contributed by atoms with Crippen LogP contribution in [0.25, 0.3) is 11.5 Å². The van der Waals surface area contributed by atoms with Crippen molar-refractivity contribution in [3.05, 3.63) is 73.6 Å². The molecule has 1 aromatic heterocycles. The molecule has 0 aliphatic heterocycles. The molecule has 11 heteroatoms. The molecule has 0 bridgehead atoms. The number of nitro benzene ring substituents is 2. The van der Waals surface area contributed by atoms with Crippen molar-refractivity contribution < 1.29 is 19.0 Å². The van der Waals surface area contributed by atoms with Gasteiger partial charge in [-0.3, -0.25) is 20.2 Å². The van der Waals surface area contributed by atoms with E-state index in [1.807, 2.05) is 0 Å². The summed E-state index contributed by atoms with van der Waals surface area (Å²) in [5.74, 6) is 0.549. The molecule has 3 aromatic rings. The summed E-state index contributed by atoms with van der Waals surface area (Å²) in [6.45, 7) is 1.64. The summed E-state index contributed by atoms with van der Waals surface area (Å²) in [7, 11) is 0. The van der Waals surface area contributed by atoms with E-state index in [2.05, 4.69) is 10.2 Å². The number of nitro groups is 2. The minimum atomic E-state index is -0.678. The number of hydrogen-bond acceptors (Lipinski definition) is 8.